The van der Waals surface area contributed by atoms with Gasteiger partial charge in [-0.3, -0.25) is 14.4 Å². The number of carbonyl (C=O) groups excluding carboxylic acids is 3. The Balaban J connectivity index is 1.16. The normalized spacial score (nSPS) is 15.7. The lowest BCUT2D eigenvalue weighted by molar-refractivity contribution is -0.133. The summed E-state index contributed by atoms with van der Waals surface area (Å²) in [7, 11) is 0. The molecule has 1 saturated heterocycles. The molecule has 1 heterocycles. The molecule has 0 spiro atoms. The average Bonchev–Trinajstić information content (AvgIpc) is 3.68. The van der Waals surface area contributed by atoms with Gasteiger partial charge in [0.1, 0.15) is 5.75 Å². The van der Waals surface area contributed by atoms with Gasteiger partial charge in [0.05, 0.1) is 6.54 Å². The summed E-state index contributed by atoms with van der Waals surface area (Å²) in [4.78, 5) is 40.4. The van der Waals surface area contributed by atoms with Gasteiger partial charge >= 0.3 is 0 Å². The molecule has 4 rings (SSSR count). The number of benzene rings is 2. The van der Waals surface area contributed by atoms with Gasteiger partial charge in [0.15, 0.2) is 6.61 Å². The van der Waals surface area contributed by atoms with E-state index in [1.54, 1.807) is 29.2 Å². The lowest BCUT2D eigenvalue weighted by atomic mass is 10.2. The number of amides is 3. The van der Waals surface area contributed by atoms with Crippen LogP contribution >= 0.6 is 11.6 Å². The molecule has 0 bridgehead atoms. The molecule has 0 radical (unpaired) electrons. The highest BCUT2D eigenvalue weighted by Gasteiger charge is 2.29. The van der Waals surface area contributed by atoms with E-state index in [9.17, 15) is 14.4 Å². The van der Waals surface area contributed by atoms with Gasteiger partial charge in [-0.2, -0.15) is 0 Å². The number of piperazine rings is 1. The third-order valence-corrected chi connectivity index (χ3v) is 5.93. The molecule has 0 aromatic heterocycles. The standard InChI is InChI=1S/C24H27ClN4O4/c25-18-6-8-20(9-7-18)28-10-12-29(13-11-28)23(31)15-26-22(30)16-33-21-3-1-2-19(14-21)27-24(32)17-4-5-17/h1-3,6-9,14,17H,4-5,10-13,15-16H2,(H,26,30)(H,27,32). The molecule has 1 aliphatic heterocycles. The quantitative estimate of drug-likeness (QED) is 0.618. The smallest absolute Gasteiger partial charge is 0.258 e. The van der Waals surface area contributed by atoms with Crippen molar-refractivity contribution in [1.82, 2.24) is 10.2 Å². The second-order valence-corrected chi connectivity index (χ2v) is 8.64. The Morgan fingerprint density at radius 3 is 2.42 bits per heavy atom. The van der Waals surface area contributed by atoms with Crippen LogP contribution in [0.25, 0.3) is 0 Å². The van der Waals surface area contributed by atoms with Crippen molar-refractivity contribution in [3.63, 3.8) is 0 Å². The summed E-state index contributed by atoms with van der Waals surface area (Å²) in [6.07, 6.45) is 1.86. The summed E-state index contributed by atoms with van der Waals surface area (Å²) >= 11 is 5.94. The maximum Gasteiger partial charge on any atom is 0.258 e. The number of halogens is 1. The van der Waals surface area contributed by atoms with E-state index in [1.807, 2.05) is 24.3 Å². The van der Waals surface area contributed by atoms with E-state index in [4.69, 9.17) is 16.3 Å². The van der Waals surface area contributed by atoms with Crippen molar-refractivity contribution in [1.29, 1.82) is 0 Å². The van der Waals surface area contributed by atoms with Crippen LogP contribution in [-0.2, 0) is 14.4 Å². The van der Waals surface area contributed by atoms with Crippen LogP contribution in [-0.4, -0.2) is 62.0 Å². The summed E-state index contributed by atoms with van der Waals surface area (Å²) in [6.45, 7) is 2.34. The Hall–Kier alpha value is -3.26. The van der Waals surface area contributed by atoms with Crippen LogP contribution in [0.1, 0.15) is 12.8 Å². The lowest BCUT2D eigenvalue weighted by Crippen LogP contribution is -2.51. The molecule has 3 amide bonds. The van der Waals surface area contributed by atoms with Crippen molar-refractivity contribution in [2.75, 3.05) is 49.5 Å². The van der Waals surface area contributed by atoms with Crippen molar-refractivity contribution < 1.29 is 19.1 Å². The van der Waals surface area contributed by atoms with E-state index < -0.39 is 0 Å². The van der Waals surface area contributed by atoms with Gasteiger partial charge in [-0.05, 0) is 49.2 Å². The van der Waals surface area contributed by atoms with Gasteiger partial charge in [-0.15, -0.1) is 0 Å². The number of nitrogens with zero attached hydrogens (tertiary/aromatic N) is 2. The molecule has 33 heavy (non-hydrogen) atoms. The third-order valence-electron chi connectivity index (χ3n) is 5.68. The molecule has 2 fully saturated rings. The first-order valence-electron chi connectivity index (χ1n) is 11.1. The number of hydrogen-bond acceptors (Lipinski definition) is 5. The molecular weight excluding hydrogens is 444 g/mol. The van der Waals surface area contributed by atoms with Gasteiger partial charge in [0.25, 0.3) is 5.91 Å². The SMILES string of the molecule is O=C(COc1cccc(NC(=O)C2CC2)c1)NCC(=O)N1CCN(c2ccc(Cl)cc2)CC1. The number of carbonyl (C=O) groups is 3. The zero-order chi connectivity index (χ0) is 23.2. The molecule has 9 heteroatoms. The van der Waals surface area contributed by atoms with Crippen LogP contribution in [0.3, 0.4) is 0 Å². The largest absolute Gasteiger partial charge is 0.484 e. The summed E-state index contributed by atoms with van der Waals surface area (Å²) < 4.78 is 5.51. The molecule has 2 aliphatic rings. The van der Waals surface area contributed by atoms with E-state index in [0.717, 1.165) is 31.6 Å². The van der Waals surface area contributed by atoms with Crippen molar-refractivity contribution in [2.24, 2.45) is 5.92 Å². The van der Waals surface area contributed by atoms with Gasteiger partial charge in [0, 0.05) is 54.6 Å². The predicted octanol–water partition coefficient (Wildman–Crippen LogP) is 2.53. The van der Waals surface area contributed by atoms with Crippen molar-refractivity contribution >= 4 is 40.7 Å². The summed E-state index contributed by atoms with van der Waals surface area (Å²) in [5, 5.41) is 6.16. The van der Waals surface area contributed by atoms with Crippen LogP contribution in [0.15, 0.2) is 48.5 Å². The van der Waals surface area contributed by atoms with Crippen LogP contribution in [0.2, 0.25) is 5.02 Å². The molecule has 1 saturated carbocycles. The molecule has 2 N–H and O–H groups in total. The van der Waals surface area contributed by atoms with E-state index >= 15 is 0 Å². The molecule has 1 aliphatic carbocycles. The average molecular weight is 471 g/mol. The van der Waals surface area contributed by atoms with Crippen molar-refractivity contribution in [2.45, 2.75) is 12.8 Å². The minimum absolute atomic E-state index is 0.0115. The fourth-order valence-electron chi connectivity index (χ4n) is 3.61. The summed E-state index contributed by atoms with van der Waals surface area (Å²) in [5.41, 5.74) is 1.71. The maximum absolute atomic E-state index is 12.5. The second kappa shape index (κ2) is 10.6. The molecule has 2 aromatic rings. The van der Waals surface area contributed by atoms with Gasteiger partial charge < -0.3 is 25.2 Å². The first kappa shape index (κ1) is 22.9. The van der Waals surface area contributed by atoms with E-state index in [0.29, 0.717) is 29.5 Å². The number of rotatable bonds is 8. The maximum atomic E-state index is 12.5. The van der Waals surface area contributed by atoms with Gasteiger partial charge in [0.2, 0.25) is 11.8 Å². The molecular formula is C24H27ClN4O4. The summed E-state index contributed by atoms with van der Waals surface area (Å²) in [6, 6.07) is 14.6. The molecule has 8 nitrogen and oxygen atoms in total. The lowest BCUT2D eigenvalue weighted by Gasteiger charge is -2.36. The Labute approximate surface area is 197 Å². The second-order valence-electron chi connectivity index (χ2n) is 8.20. The van der Waals surface area contributed by atoms with Gasteiger partial charge in [-0.1, -0.05) is 17.7 Å². The minimum atomic E-state index is -0.379. The molecule has 174 valence electrons. The fourth-order valence-corrected chi connectivity index (χ4v) is 3.73. The molecule has 0 unspecified atom stereocenters. The van der Waals surface area contributed by atoms with Crippen molar-refractivity contribution in [3.8, 4) is 5.75 Å². The van der Waals surface area contributed by atoms with Crippen molar-refractivity contribution in [3.05, 3.63) is 53.6 Å². The first-order chi connectivity index (χ1) is 16.0. The molecule has 0 atom stereocenters. The third kappa shape index (κ3) is 6.61. The number of hydrogen-bond donors (Lipinski definition) is 2. The number of ether oxygens (including phenoxy) is 1. The highest BCUT2D eigenvalue weighted by molar-refractivity contribution is 6.30. The van der Waals surface area contributed by atoms with Crippen LogP contribution in [0.4, 0.5) is 11.4 Å². The topological polar surface area (TPSA) is 91.0 Å². The Morgan fingerprint density at radius 1 is 1.00 bits per heavy atom. The number of nitrogens with one attached hydrogen (secondary N) is 2. The summed E-state index contributed by atoms with van der Waals surface area (Å²) in [5.74, 6) is 0.0959. The van der Waals surface area contributed by atoms with Crippen LogP contribution in [0, 0.1) is 5.92 Å². The highest BCUT2D eigenvalue weighted by atomic mass is 35.5. The number of anilines is 2. The zero-order valence-electron chi connectivity index (χ0n) is 18.3. The van der Waals surface area contributed by atoms with Crippen LogP contribution < -0.4 is 20.3 Å². The van der Waals surface area contributed by atoms with Gasteiger partial charge in [-0.25, -0.2) is 0 Å². The predicted molar refractivity (Wildman–Crippen MR) is 127 cm³/mol. The Bertz CT molecular complexity index is 1000. The Kier molecular flexibility index (Phi) is 7.34. The monoisotopic (exact) mass is 470 g/mol. The minimum Gasteiger partial charge on any atom is -0.484 e. The zero-order valence-corrected chi connectivity index (χ0v) is 19.0. The van der Waals surface area contributed by atoms with Crippen LogP contribution in [0.5, 0.6) is 5.75 Å². The Morgan fingerprint density at radius 2 is 1.73 bits per heavy atom. The highest BCUT2D eigenvalue weighted by Crippen LogP contribution is 2.30. The van der Waals surface area contributed by atoms with E-state index in [1.165, 1.54) is 0 Å². The fraction of sp³-hybridized carbons (Fsp3) is 0.375. The van der Waals surface area contributed by atoms with E-state index in [2.05, 4.69) is 15.5 Å². The first-order valence-corrected chi connectivity index (χ1v) is 11.4. The van der Waals surface area contributed by atoms with E-state index in [-0.39, 0.29) is 36.8 Å². The molecule has 2 aromatic carbocycles.